The van der Waals surface area contributed by atoms with Gasteiger partial charge in [-0.25, -0.2) is 4.39 Å². The summed E-state index contributed by atoms with van der Waals surface area (Å²) in [5.41, 5.74) is 0.691. The summed E-state index contributed by atoms with van der Waals surface area (Å²) in [6, 6.07) is 4.21. The van der Waals surface area contributed by atoms with Gasteiger partial charge in [-0.05, 0) is 11.6 Å². The van der Waals surface area contributed by atoms with Crippen LogP contribution in [0.5, 0.6) is 0 Å². The van der Waals surface area contributed by atoms with E-state index in [1.54, 1.807) is 0 Å². The van der Waals surface area contributed by atoms with Crippen LogP contribution in [-0.2, 0) is 5.88 Å². The Hall–Kier alpha value is -0.290. The van der Waals surface area contributed by atoms with Gasteiger partial charge in [-0.2, -0.15) is 12.6 Å². The molecular formula is C10H12ClFO2S. The fraction of sp³-hybridized carbons (Fsp3) is 0.400. The van der Waals surface area contributed by atoms with Crippen molar-refractivity contribution in [2.75, 3.05) is 5.75 Å². The van der Waals surface area contributed by atoms with E-state index in [9.17, 15) is 14.6 Å². The van der Waals surface area contributed by atoms with Gasteiger partial charge in [0.25, 0.3) is 0 Å². The molecule has 0 fully saturated rings. The van der Waals surface area contributed by atoms with Crippen molar-refractivity contribution in [1.29, 1.82) is 0 Å². The van der Waals surface area contributed by atoms with E-state index in [0.29, 0.717) is 11.1 Å². The lowest BCUT2D eigenvalue weighted by Gasteiger charge is -2.16. The topological polar surface area (TPSA) is 40.5 Å². The molecule has 15 heavy (non-hydrogen) atoms. The number of benzene rings is 1. The summed E-state index contributed by atoms with van der Waals surface area (Å²) < 4.78 is 13.3. The van der Waals surface area contributed by atoms with Crippen molar-refractivity contribution in [1.82, 2.24) is 0 Å². The predicted molar refractivity (Wildman–Crippen MR) is 60.8 cm³/mol. The van der Waals surface area contributed by atoms with E-state index in [2.05, 4.69) is 12.6 Å². The van der Waals surface area contributed by atoms with Crippen LogP contribution in [-0.4, -0.2) is 22.1 Å². The van der Waals surface area contributed by atoms with Crippen LogP contribution in [0.15, 0.2) is 18.2 Å². The number of thiol groups is 1. The summed E-state index contributed by atoms with van der Waals surface area (Å²) in [6.45, 7) is 0. The van der Waals surface area contributed by atoms with Crippen molar-refractivity contribution in [2.24, 2.45) is 0 Å². The predicted octanol–water partition coefficient (Wildman–Crippen LogP) is 1.89. The zero-order valence-corrected chi connectivity index (χ0v) is 9.55. The maximum absolute atomic E-state index is 13.3. The standard InChI is InChI=1S/C10H12ClFO2S/c11-4-7-2-1-6(3-8(7)12)10(14)9(13)5-15/h1-3,9-10,13-15H,4-5H2. The average molecular weight is 251 g/mol. The minimum atomic E-state index is -1.12. The summed E-state index contributed by atoms with van der Waals surface area (Å²) in [4.78, 5) is 0. The highest BCUT2D eigenvalue weighted by molar-refractivity contribution is 7.80. The van der Waals surface area contributed by atoms with Gasteiger partial charge >= 0.3 is 0 Å². The first-order chi connectivity index (χ1) is 7.10. The van der Waals surface area contributed by atoms with Crippen LogP contribution >= 0.6 is 24.2 Å². The first-order valence-corrected chi connectivity index (χ1v) is 5.58. The van der Waals surface area contributed by atoms with Crippen LogP contribution in [0.4, 0.5) is 4.39 Å². The largest absolute Gasteiger partial charge is 0.389 e. The molecule has 1 aromatic carbocycles. The highest BCUT2D eigenvalue weighted by Crippen LogP contribution is 2.21. The lowest BCUT2D eigenvalue weighted by molar-refractivity contribution is 0.0336. The Bertz CT molecular complexity index is 335. The van der Waals surface area contributed by atoms with E-state index >= 15 is 0 Å². The van der Waals surface area contributed by atoms with Crippen molar-refractivity contribution < 1.29 is 14.6 Å². The molecule has 2 atom stereocenters. The number of aliphatic hydroxyl groups excluding tert-OH is 2. The summed E-state index contributed by atoms with van der Waals surface area (Å²) >= 11 is 9.33. The Morgan fingerprint density at radius 3 is 2.53 bits per heavy atom. The number of alkyl halides is 1. The third-order valence-corrected chi connectivity index (χ3v) is 2.78. The van der Waals surface area contributed by atoms with E-state index in [1.165, 1.54) is 18.2 Å². The molecule has 2 N–H and O–H groups in total. The van der Waals surface area contributed by atoms with Gasteiger partial charge in [0.05, 0.1) is 12.0 Å². The molecule has 5 heteroatoms. The maximum Gasteiger partial charge on any atom is 0.127 e. The number of rotatable bonds is 4. The molecule has 0 amide bonds. The first kappa shape index (κ1) is 12.8. The molecule has 2 nitrogen and oxygen atoms in total. The number of halogens is 2. The van der Waals surface area contributed by atoms with Crippen LogP contribution in [0, 0.1) is 5.82 Å². The monoisotopic (exact) mass is 250 g/mol. The van der Waals surface area contributed by atoms with Crippen molar-refractivity contribution in [3.05, 3.63) is 35.1 Å². The molecule has 84 valence electrons. The third-order valence-electron chi connectivity index (χ3n) is 2.11. The quantitative estimate of drug-likeness (QED) is 0.564. The lowest BCUT2D eigenvalue weighted by Crippen LogP contribution is -2.19. The normalized spacial score (nSPS) is 15.0. The summed E-state index contributed by atoms with van der Waals surface area (Å²) in [5.74, 6) is -0.287. The van der Waals surface area contributed by atoms with Gasteiger partial charge in [-0.1, -0.05) is 12.1 Å². The Morgan fingerprint density at radius 1 is 1.40 bits per heavy atom. The molecule has 0 radical (unpaired) electrons. The van der Waals surface area contributed by atoms with Crippen molar-refractivity contribution >= 4 is 24.2 Å². The maximum atomic E-state index is 13.3. The van der Waals surface area contributed by atoms with Crippen molar-refractivity contribution in [3.8, 4) is 0 Å². The molecule has 0 saturated heterocycles. The minimum absolute atomic E-state index is 0.0807. The van der Waals surface area contributed by atoms with Crippen LogP contribution in [0.2, 0.25) is 0 Å². The summed E-state index contributed by atoms with van der Waals surface area (Å²) in [7, 11) is 0. The number of hydrogen-bond donors (Lipinski definition) is 3. The van der Waals surface area contributed by atoms with Gasteiger partial charge in [0.2, 0.25) is 0 Å². The van der Waals surface area contributed by atoms with Crippen molar-refractivity contribution in [3.63, 3.8) is 0 Å². The van der Waals surface area contributed by atoms with Gasteiger partial charge in [0, 0.05) is 11.3 Å². The van der Waals surface area contributed by atoms with Gasteiger partial charge in [-0.15, -0.1) is 11.6 Å². The molecule has 0 aliphatic carbocycles. The first-order valence-electron chi connectivity index (χ1n) is 4.41. The Kier molecular flexibility index (Phi) is 4.86. The Labute approximate surface area is 98.1 Å². The smallest absolute Gasteiger partial charge is 0.127 e. The molecule has 0 spiro atoms. The Balaban J connectivity index is 2.92. The summed E-state index contributed by atoms with van der Waals surface area (Å²) in [6.07, 6.45) is -2.13. The number of hydrogen-bond acceptors (Lipinski definition) is 3. The third kappa shape index (κ3) is 3.08. The lowest BCUT2D eigenvalue weighted by atomic mass is 10.0. The molecule has 1 rings (SSSR count). The molecule has 0 aliphatic rings. The second kappa shape index (κ2) is 5.70. The van der Waals surface area contributed by atoms with Crippen LogP contribution in [0.1, 0.15) is 17.2 Å². The van der Waals surface area contributed by atoms with E-state index in [4.69, 9.17) is 11.6 Å². The van der Waals surface area contributed by atoms with Crippen LogP contribution < -0.4 is 0 Å². The van der Waals surface area contributed by atoms with Crippen molar-refractivity contribution in [2.45, 2.75) is 18.1 Å². The zero-order valence-electron chi connectivity index (χ0n) is 7.90. The highest BCUT2D eigenvalue weighted by Gasteiger charge is 2.17. The van der Waals surface area contributed by atoms with Crippen LogP contribution in [0.25, 0.3) is 0 Å². The SMILES string of the molecule is OC(CS)C(O)c1ccc(CCl)c(F)c1. The average Bonchev–Trinajstić information content (AvgIpc) is 2.26. The number of aliphatic hydroxyl groups is 2. The fourth-order valence-corrected chi connectivity index (χ4v) is 1.59. The molecule has 0 aliphatic heterocycles. The molecule has 0 heterocycles. The molecule has 0 saturated carbocycles. The molecular weight excluding hydrogens is 239 g/mol. The van der Waals surface area contributed by atoms with Gasteiger partial charge in [0.15, 0.2) is 0 Å². The fourth-order valence-electron chi connectivity index (χ4n) is 1.18. The van der Waals surface area contributed by atoms with E-state index in [0.717, 1.165) is 0 Å². The Morgan fingerprint density at radius 2 is 2.07 bits per heavy atom. The second-order valence-electron chi connectivity index (χ2n) is 3.18. The van der Waals surface area contributed by atoms with Crippen LogP contribution in [0.3, 0.4) is 0 Å². The van der Waals surface area contributed by atoms with Gasteiger partial charge in [-0.3, -0.25) is 0 Å². The highest BCUT2D eigenvalue weighted by atomic mass is 35.5. The van der Waals surface area contributed by atoms with Gasteiger partial charge < -0.3 is 10.2 Å². The summed E-state index contributed by atoms with van der Waals surface area (Å²) in [5, 5.41) is 18.9. The zero-order chi connectivity index (χ0) is 11.4. The second-order valence-corrected chi connectivity index (χ2v) is 3.81. The molecule has 0 bridgehead atoms. The minimum Gasteiger partial charge on any atom is -0.389 e. The van der Waals surface area contributed by atoms with E-state index in [-0.39, 0.29) is 11.6 Å². The van der Waals surface area contributed by atoms with E-state index in [1.807, 2.05) is 0 Å². The molecule has 0 aromatic heterocycles. The van der Waals surface area contributed by atoms with Gasteiger partial charge in [0.1, 0.15) is 11.9 Å². The van der Waals surface area contributed by atoms with E-state index < -0.39 is 18.0 Å². The molecule has 2 unspecified atom stereocenters. The molecule has 1 aromatic rings.